The third-order valence-electron chi connectivity index (χ3n) is 6.20. The summed E-state index contributed by atoms with van der Waals surface area (Å²) in [6, 6.07) is 21.9. The number of thioether (sulfide) groups is 1. The van der Waals surface area contributed by atoms with Gasteiger partial charge in [0.25, 0.3) is 0 Å². The molecule has 0 saturated heterocycles. The summed E-state index contributed by atoms with van der Waals surface area (Å²) in [5.41, 5.74) is 4.40. The van der Waals surface area contributed by atoms with Crippen LogP contribution in [0.5, 0.6) is 0 Å². The van der Waals surface area contributed by atoms with E-state index in [9.17, 15) is 13.2 Å². The number of aryl methyl sites for hydroxylation is 1. The largest absolute Gasteiger partial charge is 0.360 e. The van der Waals surface area contributed by atoms with Crippen LogP contribution in [-0.4, -0.2) is 45.4 Å². The number of rotatable bonds is 9. The van der Waals surface area contributed by atoms with E-state index in [1.807, 2.05) is 60.2 Å². The van der Waals surface area contributed by atoms with Crippen molar-refractivity contribution < 1.29 is 13.2 Å². The number of aromatic amines is 1. The summed E-state index contributed by atoms with van der Waals surface area (Å²) in [5, 5.41) is 13.0. The van der Waals surface area contributed by atoms with Crippen LogP contribution in [0.2, 0.25) is 0 Å². The molecule has 9 nitrogen and oxygen atoms in total. The molecule has 3 N–H and O–H groups in total. The maximum absolute atomic E-state index is 13.1. The van der Waals surface area contributed by atoms with Crippen molar-refractivity contribution >= 4 is 44.3 Å². The Morgan fingerprint density at radius 1 is 0.975 bits per heavy atom. The quantitative estimate of drug-likeness (QED) is 0.199. The molecule has 0 fully saturated rings. The second kappa shape index (κ2) is 11.3. The minimum absolute atomic E-state index is 0.137. The lowest BCUT2D eigenvalue weighted by atomic mass is 10.1. The van der Waals surface area contributed by atoms with Crippen LogP contribution < -0.4 is 10.0 Å². The van der Waals surface area contributed by atoms with Gasteiger partial charge in [-0.05, 0) is 75.7 Å². The number of anilines is 1. The van der Waals surface area contributed by atoms with Gasteiger partial charge in [0.15, 0.2) is 11.0 Å². The Kier molecular flexibility index (Phi) is 7.79. The highest BCUT2D eigenvalue weighted by Gasteiger charge is 2.24. The Morgan fingerprint density at radius 2 is 1.73 bits per heavy atom. The van der Waals surface area contributed by atoms with Crippen molar-refractivity contribution in [2.24, 2.45) is 0 Å². The smallest absolute Gasteiger partial charge is 0.240 e. The summed E-state index contributed by atoms with van der Waals surface area (Å²) in [6.07, 6.45) is 1.92. The first kappa shape index (κ1) is 27.6. The monoisotopic (exact) mass is 574 g/mol. The van der Waals surface area contributed by atoms with Gasteiger partial charge in [0.2, 0.25) is 15.9 Å². The van der Waals surface area contributed by atoms with Crippen molar-refractivity contribution in [3.05, 3.63) is 84.6 Å². The molecule has 0 bridgehead atoms. The van der Waals surface area contributed by atoms with Crippen molar-refractivity contribution in [3.8, 4) is 17.1 Å². The van der Waals surface area contributed by atoms with Crippen LogP contribution in [0.3, 0.4) is 0 Å². The Balaban J connectivity index is 1.40. The molecular weight excluding hydrogens is 544 g/mol. The molecule has 0 aliphatic heterocycles. The molecule has 2 heterocycles. The van der Waals surface area contributed by atoms with Crippen LogP contribution in [0.4, 0.5) is 5.69 Å². The summed E-state index contributed by atoms with van der Waals surface area (Å²) >= 11 is 1.30. The number of para-hydroxylation sites is 1. The van der Waals surface area contributed by atoms with Crippen molar-refractivity contribution in [1.29, 1.82) is 0 Å². The zero-order chi connectivity index (χ0) is 28.4. The van der Waals surface area contributed by atoms with E-state index in [2.05, 4.69) is 31.3 Å². The fraction of sp³-hybridized carbons (Fsp3) is 0.207. The van der Waals surface area contributed by atoms with Crippen LogP contribution in [0.25, 0.3) is 28.0 Å². The number of fused-ring (bicyclic) bond motifs is 1. The molecule has 206 valence electrons. The number of aromatic nitrogens is 4. The summed E-state index contributed by atoms with van der Waals surface area (Å²) < 4.78 is 29.3. The number of carbonyl (C=O) groups is 1. The SMILES string of the molecule is Cc1cccc(-n2c(SC(C)C(=O)Nc3ccc(S(=O)(=O)NC(C)C)cc3)nnc2-c2c[nH]c3ccccc23)c1. The Hall–Kier alpha value is -3.93. The fourth-order valence-corrected chi connectivity index (χ4v) is 6.45. The minimum atomic E-state index is -3.61. The van der Waals surface area contributed by atoms with Gasteiger partial charge < -0.3 is 10.3 Å². The molecule has 0 spiro atoms. The van der Waals surface area contributed by atoms with Crippen molar-refractivity contribution in [1.82, 2.24) is 24.5 Å². The van der Waals surface area contributed by atoms with Gasteiger partial charge >= 0.3 is 0 Å². The van der Waals surface area contributed by atoms with Crippen LogP contribution in [-0.2, 0) is 14.8 Å². The molecule has 11 heteroatoms. The van der Waals surface area contributed by atoms with Gasteiger partial charge in [-0.25, -0.2) is 13.1 Å². The molecule has 0 aliphatic rings. The first-order valence-corrected chi connectivity index (χ1v) is 15.2. The van der Waals surface area contributed by atoms with Gasteiger partial charge in [0.1, 0.15) is 0 Å². The number of H-pyrrole nitrogens is 1. The van der Waals surface area contributed by atoms with E-state index in [4.69, 9.17) is 0 Å². The summed E-state index contributed by atoms with van der Waals surface area (Å²) in [7, 11) is -3.61. The summed E-state index contributed by atoms with van der Waals surface area (Å²) in [6.45, 7) is 7.34. The van der Waals surface area contributed by atoms with E-state index in [0.29, 0.717) is 16.7 Å². The number of sulfonamides is 1. The Morgan fingerprint density at radius 3 is 2.45 bits per heavy atom. The zero-order valence-electron chi connectivity index (χ0n) is 22.5. The molecular formula is C29H30N6O3S2. The number of amides is 1. The second-order valence-electron chi connectivity index (χ2n) is 9.78. The van der Waals surface area contributed by atoms with E-state index < -0.39 is 15.3 Å². The molecule has 1 unspecified atom stereocenters. The van der Waals surface area contributed by atoms with Gasteiger partial charge in [-0.15, -0.1) is 10.2 Å². The number of benzene rings is 3. The van der Waals surface area contributed by atoms with Crippen molar-refractivity contribution in [2.75, 3.05) is 5.32 Å². The third kappa shape index (κ3) is 5.81. The van der Waals surface area contributed by atoms with Crippen LogP contribution in [0, 0.1) is 6.92 Å². The lowest BCUT2D eigenvalue weighted by molar-refractivity contribution is -0.115. The molecule has 0 aliphatic carbocycles. The van der Waals surface area contributed by atoms with E-state index in [0.717, 1.165) is 27.7 Å². The van der Waals surface area contributed by atoms with Crippen LogP contribution in [0.1, 0.15) is 26.3 Å². The highest BCUT2D eigenvalue weighted by atomic mass is 32.2. The highest BCUT2D eigenvalue weighted by molar-refractivity contribution is 8.00. The topological polar surface area (TPSA) is 122 Å². The normalized spacial score (nSPS) is 12.6. The van der Waals surface area contributed by atoms with Crippen LogP contribution >= 0.6 is 11.8 Å². The maximum atomic E-state index is 13.1. The van der Waals surface area contributed by atoms with Gasteiger partial charge in [0.05, 0.1) is 10.1 Å². The van der Waals surface area contributed by atoms with Gasteiger partial charge in [-0.1, -0.05) is 42.1 Å². The molecule has 40 heavy (non-hydrogen) atoms. The van der Waals surface area contributed by atoms with Crippen molar-refractivity contribution in [2.45, 2.75) is 49.0 Å². The lowest BCUT2D eigenvalue weighted by Crippen LogP contribution is -2.30. The van der Waals surface area contributed by atoms with Gasteiger partial charge in [-0.3, -0.25) is 9.36 Å². The molecule has 3 aromatic carbocycles. The second-order valence-corrected chi connectivity index (χ2v) is 12.8. The Bertz CT molecular complexity index is 1780. The maximum Gasteiger partial charge on any atom is 0.240 e. The predicted molar refractivity (Wildman–Crippen MR) is 159 cm³/mol. The fourth-order valence-electron chi connectivity index (χ4n) is 4.33. The minimum Gasteiger partial charge on any atom is -0.360 e. The average Bonchev–Trinajstić information content (AvgIpc) is 3.52. The first-order chi connectivity index (χ1) is 19.1. The number of nitrogens with zero attached hydrogens (tertiary/aromatic N) is 3. The molecule has 2 aromatic heterocycles. The predicted octanol–water partition coefficient (Wildman–Crippen LogP) is 5.53. The summed E-state index contributed by atoms with van der Waals surface area (Å²) in [5.74, 6) is 0.429. The Labute approximate surface area is 237 Å². The van der Waals surface area contributed by atoms with Gasteiger partial charge in [-0.2, -0.15) is 0 Å². The number of hydrogen-bond donors (Lipinski definition) is 3. The first-order valence-electron chi connectivity index (χ1n) is 12.8. The third-order valence-corrected chi connectivity index (χ3v) is 8.91. The molecule has 0 saturated carbocycles. The molecule has 1 atom stereocenters. The number of hydrogen-bond acceptors (Lipinski definition) is 6. The molecule has 0 radical (unpaired) electrons. The van der Waals surface area contributed by atoms with E-state index in [1.165, 1.54) is 23.9 Å². The number of nitrogens with one attached hydrogen (secondary N) is 3. The van der Waals surface area contributed by atoms with Crippen molar-refractivity contribution in [3.63, 3.8) is 0 Å². The van der Waals surface area contributed by atoms with Crippen LogP contribution in [0.15, 0.2) is 89.0 Å². The zero-order valence-corrected chi connectivity index (χ0v) is 24.2. The lowest BCUT2D eigenvalue weighted by Gasteiger charge is -2.15. The molecule has 1 amide bonds. The standard InChI is InChI=1S/C29H30N6O3S2/c1-18(2)34-40(37,38)23-14-12-21(13-15-23)31-28(36)20(4)39-29-33-32-27(35(29)22-9-7-8-19(3)16-22)25-17-30-26-11-6-5-10-24(25)26/h5-18,20,30,34H,1-4H3,(H,31,36). The summed E-state index contributed by atoms with van der Waals surface area (Å²) in [4.78, 5) is 16.6. The molecule has 5 rings (SSSR count). The van der Waals surface area contributed by atoms with E-state index in [1.54, 1.807) is 32.9 Å². The van der Waals surface area contributed by atoms with E-state index >= 15 is 0 Å². The number of carbonyl (C=O) groups excluding carboxylic acids is 1. The average molecular weight is 575 g/mol. The highest BCUT2D eigenvalue weighted by Crippen LogP contribution is 2.34. The van der Waals surface area contributed by atoms with E-state index in [-0.39, 0.29) is 16.8 Å². The van der Waals surface area contributed by atoms with Gasteiger partial charge in [0, 0.05) is 40.1 Å². The molecule has 5 aromatic rings.